The normalized spacial score (nSPS) is 12.1. The minimum Gasteiger partial charge on any atom is -0.355 e. The van der Waals surface area contributed by atoms with E-state index in [-0.39, 0.29) is 11.1 Å². The Labute approximate surface area is 162 Å². The molecule has 0 fully saturated rings. The molecular weight excluding hydrogens is 354 g/mol. The van der Waals surface area contributed by atoms with E-state index < -0.39 is 0 Å². The summed E-state index contributed by atoms with van der Waals surface area (Å²) in [5.74, 6) is 1.46. The quantitative estimate of drug-likeness (QED) is 0.556. The molecule has 0 spiro atoms. The molecule has 0 atom stereocenters. The molecule has 0 aliphatic rings. The van der Waals surface area contributed by atoms with Crippen molar-refractivity contribution in [1.82, 2.24) is 29.3 Å². The fourth-order valence-electron chi connectivity index (χ4n) is 3.45. The van der Waals surface area contributed by atoms with Crippen LogP contribution >= 0.6 is 0 Å². The summed E-state index contributed by atoms with van der Waals surface area (Å²) in [7, 11) is 0. The Kier molecular flexibility index (Phi) is 4.41. The van der Waals surface area contributed by atoms with Crippen LogP contribution < -0.4 is 10.9 Å². The van der Waals surface area contributed by atoms with Crippen LogP contribution in [0.3, 0.4) is 0 Å². The maximum Gasteiger partial charge on any atom is 0.263 e. The first-order valence-corrected chi connectivity index (χ1v) is 9.55. The van der Waals surface area contributed by atoms with Gasteiger partial charge in [-0.3, -0.25) is 9.78 Å². The third-order valence-electron chi connectivity index (χ3n) is 4.76. The predicted molar refractivity (Wildman–Crippen MR) is 111 cm³/mol. The number of imidazole rings is 1. The first kappa shape index (κ1) is 18.2. The van der Waals surface area contributed by atoms with Crippen LogP contribution in [0.1, 0.15) is 33.5 Å². The number of nitrogens with zero attached hydrogens (tertiary/aromatic N) is 5. The molecule has 4 rings (SSSR count). The van der Waals surface area contributed by atoms with Gasteiger partial charge in [0.05, 0.1) is 22.8 Å². The lowest BCUT2D eigenvalue weighted by Gasteiger charge is -2.19. The topological polar surface area (TPSA) is 93.4 Å². The minimum atomic E-state index is -0.258. The van der Waals surface area contributed by atoms with E-state index >= 15 is 0 Å². The molecule has 0 saturated heterocycles. The smallest absolute Gasteiger partial charge is 0.263 e. The van der Waals surface area contributed by atoms with Gasteiger partial charge in [0.2, 0.25) is 5.95 Å². The van der Waals surface area contributed by atoms with Crippen LogP contribution in [0.4, 0.5) is 5.95 Å². The molecule has 4 aromatic rings. The highest BCUT2D eigenvalue weighted by molar-refractivity contribution is 5.76. The number of fused-ring (bicyclic) bond motifs is 2. The molecule has 0 amide bonds. The van der Waals surface area contributed by atoms with Crippen molar-refractivity contribution in [2.24, 2.45) is 0 Å². The van der Waals surface area contributed by atoms with Crippen molar-refractivity contribution >= 4 is 28.0 Å². The number of anilines is 1. The van der Waals surface area contributed by atoms with Crippen molar-refractivity contribution in [2.75, 3.05) is 11.9 Å². The zero-order valence-electron chi connectivity index (χ0n) is 16.7. The Bertz CT molecular complexity index is 1190. The number of nitrogens with one attached hydrogen (secondary N) is 2. The highest BCUT2D eigenvalue weighted by atomic mass is 16.1. The van der Waals surface area contributed by atoms with E-state index in [9.17, 15) is 4.79 Å². The molecular formula is C20H25N7O. The lowest BCUT2D eigenvalue weighted by Crippen LogP contribution is -2.24. The summed E-state index contributed by atoms with van der Waals surface area (Å²) in [5, 5.41) is 8.06. The fourth-order valence-corrected chi connectivity index (χ4v) is 3.45. The molecule has 0 saturated carbocycles. The monoisotopic (exact) mass is 379 g/mol. The van der Waals surface area contributed by atoms with Crippen molar-refractivity contribution in [3.63, 3.8) is 0 Å². The van der Waals surface area contributed by atoms with Crippen LogP contribution in [0.5, 0.6) is 0 Å². The highest BCUT2D eigenvalue weighted by Gasteiger charge is 2.20. The summed E-state index contributed by atoms with van der Waals surface area (Å²) < 4.78 is 3.99. The van der Waals surface area contributed by atoms with Crippen LogP contribution in [0.2, 0.25) is 0 Å². The lowest BCUT2D eigenvalue weighted by atomic mass is 10.1. The maximum absolute atomic E-state index is 12.4. The van der Waals surface area contributed by atoms with Gasteiger partial charge in [-0.2, -0.15) is 10.1 Å². The number of H-pyrrole nitrogens is 1. The molecule has 8 heteroatoms. The van der Waals surface area contributed by atoms with Gasteiger partial charge in [-0.15, -0.1) is 0 Å². The molecule has 3 aromatic heterocycles. The van der Waals surface area contributed by atoms with E-state index in [1.54, 1.807) is 10.9 Å². The van der Waals surface area contributed by atoms with Crippen LogP contribution in [-0.4, -0.2) is 35.8 Å². The zero-order valence-corrected chi connectivity index (χ0v) is 16.7. The molecule has 8 nitrogen and oxygen atoms in total. The summed E-state index contributed by atoms with van der Waals surface area (Å²) in [5.41, 5.74) is 2.28. The molecule has 0 bridgehead atoms. The van der Waals surface area contributed by atoms with Crippen LogP contribution in [0.15, 0.2) is 35.3 Å². The third-order valence-corrected chi connectivity index (χ3v) is 4.76. The largest absolute Gasteiger partial charge is 0.355 e. The van der Waals surface area contributed by atoms with Crippen molar-refractivity contribution in [3.05, 3.63) is 46.6 Å². The maximum atomic E-state index is 12.4. The Morgan fingerprint density at radius 3 is 2.71 bits per heavy atom. The average Bonchev–Trinajstić information content (AvgIpc) is 3.22. The van der Waals surface area contributed by atoms with Gasteiger partial charge in [0, 0.05) is 19.5 Å². The number of aromatic amines is 1. The zero-order chi connectivity index (χ0) is 19.9. The first-order chi connectivity index (χ1) is 13.4. The molecule has 3 heterocycles. The number of hydrogen-bond acceptors (Lipinski definition) is 5. The van der Waals surface area contributed by atoms with Crippen molar-refractivity contribution in [1.29, 1.82) is 0 Å². The number of aryl methyl sites for hydroxylation is 1. The molecule has 0 aliphatic heterocycles. The van der Waals surface area contributed by atoms with E-state index in [0.717, 1.165) is 29.8 Å². The Morgan fingerprint density at radius 2 is 1.96 bits per heavy atom. The van der Waals surface area contributed by atoms with Crippen LogP contribution in [0.25, 0.3) is 22.1 Å². The van der Waals surface area contributed by atoms with Gasteiger partial charge in [-0.1, -0.05) is 12.1 Å². The molecule has 0 radical (unpaired) electrons. The minimum absolute atomic E-state index is 0.191. The first-order valence-electron chi connectivity index (χ1n) is 9.55. The van der Waals surface area contributed by atoms with Crippen LogP contribution in [0, 0.1) is 0 Å². The molecule has 0 unspecified atom stereocenters. The van der Waals surface area contributed by atoms with Gasteiger partial charge in [0.25, 0.3) is 5.56 Å². The highest BCUT2D eigenvalue weighted by Crippen LogP contribution is 2.19. The van der Waals surface area contributed by atoms with Gasteiger partial charge in [0.1, 0.15) is 11.2 Å². The van der Waals surface area contributed by atoms with E-state index in [1.165, 1.54) is 0 Å². The predicted octanol–water partition coefficient (Wildman–Crippen LogP) is 2.90. The van der Waals surface area contributed by atoms with Gasteiger partial charge < -0.3 is 9.88 Å². The summed E-state index contributed by atoms with van der Waals surface area (Å²) >= 11 is 0. The summed E-state index contributed by atoms with van der Waals surface area (Å²) in [6.07, 6.45) is 2.29. The number of para-hydroxylation sites is 2. The van der Waals surface area contributed by atoms with E-state index in [0.29, 0.717) is 23.5 Å². The lowest BCUT2D eigenvalue weighted by molar-refractivity contribution is 0.366. The van der Waals surface area contributed by atoms with Crippen molar-refractivity contribution in [2.45, 2.75) is 46.2 Å². The number of hydrogen-bond donors (Lipinski definition) is 2. The Hall–Kier alpha value is -3.16. The number of aromatic nitrogens is 6. The van der Waals surface area contributed by atoms with E-state index in [2.05, 4.69) is 37.9 Å². The van der Waals surface area contributed by atoms with Gasteiger partial charge in [-0.05, 0) is 39.8 Å². The van der Waals surface area contributed by atoms with Gasteiger partial charge >= 0.3 is 0 Å². The molecule has 146 valence electrons. The van der Waals surface area contributed by atoms with E-state index in [1.807, 2.05) is 39.0 Å². The van der Waals surface area contributed by atoms with Crippen LogP contribution in [-0.2, 0) is 18.5 Å². The summed E-state index contributed by atoms with van der Waals surface area (Å²) in [6.45, 7) is 9.69. The molecule has 0 aliphatic carbocycles. The number of rotatable bonds is 5. The summed E-state index contributed by atoms with van der Waals surface area (Å²) in [6, 6.07) is 8.14. The molecule has 2 N–H and O–H groups in total. The molecule has 28 heavy (non-hydrogen) atoms. The van der Waals surface area contributed by atoms with E-state index in [4.69, 9.17) is 4.98 Å². The average molecular weight is 379 g/mol. The summed E-state index contributed by atoms with van der Waals surface area (Å²) in [4.78, 5) is 24.5. The fraction of sp³-hybridized carbons (Fsp3) is 0.400. The number of benzene rings is 1. The third kappa shape index (κ3) is 3.15. The SMILES string of the molecule is CCn1c(CCNc2nc3c(cnn3C(C)(C)C)c(=O)[nH]2)nc2ccccc21. The second-order valence-corrected chi connectivity index (χ2v) is 7.82. The Morgan fingerprint density at radius 1 is 1.18 bits per heavy atom. The second kappa shape index (κ2) is 6.78. The van der Waals surface area contributed by atoms with Crippen molar-refractivity contribution in [3.8, 4) is 0 Å². The Balaban J connectivity index is 1.57. The standard InChI is InChI=1S/C20H25N7O/c1-5-26-15-9-7-6-8-14(15)23-16(26)10-11-21-19-24-17-13(18(28)25-19)12-22-27(17)20(2,3)4/h6-9,12H,5,10-11H2,1-4H3,(H2,21,24,25,28). The second-order valence-electron chi connectivity index (χ2n) is 7.82. The van der Waals surface area contributed by atoms with Gasteiger partial charge in [-0.25, -0.2) is 9.67 Å². The van der Waals surface area contributed by atoms with Crippen molar-refractivity contribution < 1.29 is 0 Å². The van der Waals surface area contributed by atoms with Gasteiger partial charge in [0.15, 0.2) is 5.65 Å². The molecule has 1 aromatic carbocycles.